The Morgan fingerprint density at radius 3 is 2.44 bits per heavy atom. The van der Waals surface area contributed by atoms with Crippen molar-refractivity contribution in [2.24, 2.45) is 0 Å². The second kappa shape index (κ2) is 11.8. The zero-order valence-electron chi connectivity index (χ0n) is 24.1. The fraction of sp³-hybridized carbons (Fsp3) is 0.281. The van der Waals surface area contributed by atoms with Gasteiger partial charge in [0.1, 0.15) is 5.69 Å². The Morgan fingerprint density at radius 2 is 1.79 bits per heavy atom. The number of benzene rings is 2. The average Bonchev–Trinajstić information content (AvgIpc) is 3.31. The van der Waals surface area contributed by atoms with Gasteiger partial charge in [-0.15, -0.1) is 0 Å². The lowest BCUT2D eigenvalue weighted by molar-refractivity contribution is -0.141. The molecule has 0 radical (unpaired) electrons. The van der Waals surface area contributed by atoms with Crippen molar-refractivity contribution in [3.8, 4) is 33.9 Å². The van der Waals surface area contributed by atoms with Crippen LogP contribution in [-0.2, 0) is 30.4 Å². The summed E-state index contributed by atoms with van der Waals surface area (Å²) in [5, 5.41) is 2.73. The van der Waals surface area contributed by atoms with E-state index in [1.807, 2.05) is 25.1 Å². The highest BCUT2D eigenvalue weighted by atomic mass is 19.4. The van der Waals surface area contributed by atoms with E-state index in [0.717, 1.165) is 29.1 Å². The number of nitrogens with zero attached hydrogens (tertiary/aromatic N) is 2. The highest BCUT2D eigenvalue weighted by Crippen LogP contribution is 2.45. The number of pyridine rings is 1. The van der Waals surface area contributed by atoms with E-state index in [9.17, 15) is 22.8 Å². The van der Waals surface area contributed by atoms with Gasteiger partial charge < -0.3 is 24.1 Å². The molecule has 1 aliphatic heterocycles. The highest BCUT2D eigenvalue weighted by molar-refractivity contribution is 6.06. The van der Waals surface area contributed by atoms with E-state index in [2.05, 4.69) is 14.9 Å². The third kappa shape index (κ3) is 5.67. The molecule has 5 rings (SSSR count). The van der Waals surface area contributed by atoms with E-state index in [1.165, 1.54) is 6.07 Å². The van der Waals surface area contributed by atoms with Gasteiger partial charge in [-0.2, -0.15) is 13.2 Å². The second-order valence-corrected chi connectivity index (χ2v) is 9.98. The molecule has 1 aliphatic rings. The number of ether oxygens (including phenoxy) is 3. The third-order valence-corrected chi connectivity index (χ3v) is 7.45. The molecule has 0 aliphatic carbocycles. The summed E-state index contributed by atoms with van der Waals surface area (Å²) in [6, 6.07) is 12.8. The number of hydrogen-bond acceptors (Lipinski definition) is 6. The number of carbonyl (C=O) groups is 2. The van der Waals surface area contributed by atoms with Crippen molar-refractivity contribution in [3.05, 3.63) is 88.4 Å². The Labute approximate surface area is 246 Å². The molecular formula is C32H30F3N3O5. The van der Waals surface area contributed by atoms with Crippen LogP contribution in [-0.4, -0.2) is 42.3 Å². The minimum absolute atomic E-state index is 0.0100. The number of methoxy groups -OCH3 is 2. The van der Waals surface area contributed by atoms with Crippen molar-refractivity contribution in [3.63, 3.8) is 0 Å². The van der Waals surface area contributed by atoms with Gasteiger partial charge in [-0.05, 0) is 67.3 Å². The fourth-order valence-electron chi connectivity index (χ4n) is 5.43. The number of esters is 1. The van der Waals surface area contributed by atoms with Gasteiger partial charge in [0.15, 0.2) is 11.5 Å². The Kier molecular flexibility index (Phi) is 8.16. The summed E-state index contributed by atoms with van der Waals surface area (Å²) in [6.45, 7) is 4.47. The standard InChI is InChI=1S/C32H30F3N3O5/c1-5-43-31(40)28-27(18(2)38-12-11-20-14-24(41-3)25(42-4)15-23(20)29(28)38)21-7-6-8-22(13-21)30(39)37-17-19-9-10-26(36-16-19)32(33,34)35/h6-10,13-16H,5,11-12,17H2,1-4H3,(H,37,39). The second-order valence-electron chi connectivity index (χ2n) is 9.98. The minimum atomic E-state index is -4.54. The van der Waals surface area contributed by atoms with Crippen LogP contribution in [0.3, 0.4) is 0 Å². The maximum absolute atomic E-state index is 13.5. The number of halogens is 3. The number of aryl methyl sites for hydroxylation is 1. The van der Waals surface area contributed by atoms with Crippen molar-refractivity contribution < 1.29 is 37.0 Å². The molecule has 2 aromatic heterocycles. The highest BCUT2D eigenvalue weighted by Gasteiger charge is 2.33. The monoisotopic (exact) mass is 593 g/mol. The van der Waals surface area contributed by atoms with Crippen molar-refractivity contribution in [1.29, 1.82) is 0 Å². The number of rotatable bonds is 8. The first kappa shape index (κ1) is 29.7. The van der Waals surface area contributed by atoms with E-state index >= 15 is 0 Å². The van der Waals surface area contributed by atoms with E-state index < -0.39 is 23.7 Å². The van der Waals surface area contributed by atoms with Gasteiger partial charge in [0.25, 0.3) is 5.91 Å². The van der Waals surface area contributed by atoms with Gasteiger partial charge in [-0.25, -0.2) is 4.79 Å². The predicted molar refractivity (Wildman–Crippen MR) is 153 cm³/mol. The number of alkyl halides is 3. The lowest BCUT2D eigenvalue weighted by atomic mass is 9.93. The first-order valence-corrected chi connectivity index (χ1v) is 13.6. The van der Waals surface area contributed by atoms with Crippen LogP contribution in [0.2, 0.25) is 0 Å². The van der Waals surface area contributed by atoms with Crippen LogP contribution < -0.4 is 14.8 Å². The molecule has 0 saturated heterocycles. The Hall–Kier alpha value is -4.80. The summed E-state index contributed by atoms with van der Waals surface area (Å²) >= 11 is 0. The summed E-state index contributed by atoms with van der Waals surface area (Å²) in [4.78, 5) is 30.1. The van der Waals surface area contributed by atoms with E-state index in [4.69, 9.17) is 14.2 Å². The quantitative estimate of drug-likeness (QED) is 0.244. The van der Waals surface area contributed by atoms with Crippen molar-refractivity contribution in [1.82, 2.24) is 14.9 Å². The molecule has 3 heterocycles. The molecule has 2 aromatic carbocycles. The molecule has 224 valence electrons. The van der Waals surface area contributed by atoms with Crippen LogP contribution >= 0.6 is 0 Å². The molecule has 0 unspecified atom stereocenters. The van der Waals surface area contributed by atoms with Gasteiger partial charge in [0.05, 0.1) is 32.1 Å². The first-order chi connectivity index (χ1) is 20.6. The third-order valence-electron chi connectivity index (χ3n) is 7.45. The molecule has 4 aromatic rings. The smallest absolute Gasteiger partial charge is 0.433 e. The number of fused-ring (bicyclic) bond motifs is 3. The summed E-state index contributed by atoms with van der Waals surface area (Å²) in [5.74, 6) is 0.221. The maximum atomic E-state index is 13.5. The first-order valence-electron chi connectivity index (χ1n) is 13.6. The molecule has 43 heavy (non-hydrogen) atoms. The van der Waals surface area contributed by atoms with Crippen LogP contribution in [0.5, 0.6) is 11.5 Å². The topological polar surface area (TPSA) is 91.7 Å². The molecule has 0 saturated carbocycles. The molecule has 0 fully saturated rings. The Bertz CT molecular complexity index is 1690. The SMILES string of the molecule is CCOC(=O)c1c(-c2cccc(C(=O)NCc3ccc(C(F)(F)F)nc3)c2)c(C)n2c1-c1cc(OC)c(OC)cc1CC2. The fourth-order valence-corrected chi connectivity index (χ4v) is 5.43. The molecule has 8 nitrogen and oxygen atoms in total. The molecule has 0 spiro atoms. The zero-order valence-corrected chi connectivity index (χ0v) is 24.1. The molecule has 1 amide bonds. The van der Waals surface area contributed by atoms with Crippen molar-refractivity contribution in [2.75, 3.05) is 20.8 Å². The number of hydrogen-bond donors (Lipinski definition) is 1. The normalized spacial score (nSPS) is 12.3. The van der Waals surface area contributed by atoms with Crippen LogP contribution in [0, 0.1) is 6.92 Å². The van der Waals surface area contributed by atoms with Crippen LogP contribution in [0.4, 0.5) is 13.2 Å². The van der Waals surface area contributed by atoms with Crippen molar-refractivity contribution in [2.45, 2.75) is 39.5 Å². The number of nitrogens with one attached hydrogen (secondary N) is 1. The van der Waals surface area contributed by atoms with Crippen molar-refractivity contribution >= 4 is 11.9 Å². The summed E-state index contributed by atoms with van der Waals surface area (Å²) in [7, 11) is 3.13. The number of carbonyl (C=O) groups excluding carboxylic acids is 2. The van der Waals surface area contributed by atoms with Gasteiger partial charge >= 0.3 is 12.1 Å². The molecular weight excluding hydrogens is 563 g/mol. The number of amides is 1. The molecule has 1 N–H and O–H groups in total. The Balaban J connectivity index is 1.52. The maximum Gasteiger partial charge on any atom is 0.433 e. The Morgan fingerprint density at radius 1 is 1.05 bits per heavy atom. The largest absolute Gasteiger partial charge is 0.493 e. The minimum Gasteiger partial charge on any atom is -0.493 e. The summed E-state index contributed by atoms with van der Waals surface area (Å²) in [6.07, 6.45) is -2.74. The summed E-state index contributed by atoms with van der Waals surface area (Å²) in [5.41, 5.74) is 4.81. The van der Waals surface area contributed by atoms with Gasteiger partial charge in [0.2, 0.25) is 0 Å². The van der Waals surface area contributed by atoms with Gasteiger partial charge in [-0.3, -0.25) is 9.78 Å². The summed E-state index contributed by atoms with van der Waals surface area (Å²) < 4.78 is 57.1. The molecule has 11 heteroatoms. The van der Waals surface area contributed by atoms with E-state index in [0.29, 0.717) is 58.0 Å². The van der Waals surface area contributed by atoms with Crippen LogP contribution in [0.1, 0.15) is 50.2 Å². The molecule has 0 atom stereocenters. The number of aromatic nitrogens is 2. The van der Waals surface area contributed by atoms with Crippen LogP contribution in [0.15, 0.2) is 54.7 Å². The average molecular weight is 594 g/mol. The van der Waals surface area contributed by atoms with Gasteiger partial charge in [0, 0.05) is 41.7 Å². The van der Waals surface area contributed by atoms with Gasteiger partial charge in [-0.1, -0.05) is 18.2 Å². The lowest BCUT2D eigenvalue weighted by Crippen LogP contribution is -2.23. The van der Waals surface area contributed by atoms with Crippen LogP contribution in [0.25, 0.3) is 22.4 Å². The molecule has 0 bridgehead atoms. The van der Waals surface area contributed by atoms with E-state index in [-0.39, 0.29) is 13.2 Å². The lowest BCUT2D eigenvalue weighted by Gasteiger charge is -2.23. The predicted octanol–water partition coefficient (Wildman–Crippen LogP) is 6.22. The van der Waals surface area contributed by atoms with E-state index in [1.54, 1.807) is 39.3 Å². The zero-order chi connectivity index (χ0) is 30.9.